The van der Waals surface area contributed by atoms with Crippen molar-refractivity contribution in [3.05, 3.63) is 0 Å². The van der Waals surface area contributed by atoms with Gasteiger partial charge in [-0.3, -0.25) is 0 Å². The normalized spacial score (nSPS) is 45.1. The van der Waals surface area contributed by atoms with Gasteiger partial charge in [0.05, 0.1) is 0 Å². The molecule has 1 aliphatic rings. The summed E-state index contributed by atoms with van der Waals surface area (Å²) in [4.78, 5) is 10.8. The molecule has 4 atom stereocenters. The third-order valence-corrected chi connectivity index (χ3v) is 2.33. The fraction of sp³-hybridized carbons (Fsp3) is 0.857. The van der Waals surface area contributed by atoms with Gasteiger partial charge in [-0.2, -0.15) is 0 Å². The van der Waals surface area contributed by atoms with Crippen molar-refractivity contribution in [1.82, 2.24) is 0 Å². The van der Waals surface area contributed by atoms with Crippen molar-refractivity contribution in [1.29, 1.82) is 0 Å². The Labute approximate surface area is 74.7 Å². The average Bonchev–Trinajstić information content (AvgIpc) is 2.25. The SMILES string of the molecule is CO[C@]1(C(=O)O)[C@H](C)OC(O)[C@H]1O. The second-order valence-electron chi connectivity index (χ2n) is 2.92. The van der Waals surface area contributed by atoms with Gasteiger partial charge in [0, 0.05) is 7.11 Å². The monoisotopic (exact) mass is 192 g/mol. The number of carbonyl (C=O) groups is 1. The summed E-state index contributed by atoms with van der Waals surface area (Å²) in [7, 11) is 1.15. The Balaban J connectivity index is 3.03. The second-order valence-corrected chi connectivity index (χ2v) is 2.92. The van der Waals surface area contributed by atoms with Crippen LogP contribution in [0.25, 0.3) is 0 Å². The smallest absolute Gasteiger partial charge is 0.341 e. The molecule has 0 aromatic heterocycles. The van der Waals surface area contributed by atoms with E-state index < -0.39 is 30.1 Å². The largest absolute Gasteiger partial charge is 0.479 e. The van der Waals surface area contributed by atoms with Crippen molar-refractivity contribution >= 4 is 5.97 Å². The van der Waals surface area contributed by atoms with E-state index in [1.54, 1.807) is 0 Å². The number of aliphatic hydroxyl groups is 2. The fourth-order valence-corrected chi connectivity index (χ4v) is 1.51. The number of hydrogen-bond acceptors (Lipinski definition) is 5. The van der Waals surface area contributed by atoms with E-state index in [0.29, 0.717) is 0 Å². The summed E-state index contributed by atoms with van der Waals surface area (Å²) < 4.78 is 9.46. The lowest BCUT2D eigenvalue weighted by molar-refractivity contribution is -0.179. The minimum absolute atomic E-state index is 0.903. The van der Waals surface area contributed by atoms with Gasteiger partial charge in [0.15, 0.2) is 6.29 Å². The zero-order valence-corrected chi connectivity index (χ0v) is 7.30. The molecule has 1 unspecified atom stereocenters. The minimum atomic E-state index is -1.88. The molecule has 1 heterocycles. The van der Waals surface area contributed by atoms with Gasteiger partial charge in [0.25, 0.3) is 0 Å². The van der Waals surface area contributed by atoms with Crippen molar-refractivity contribution < 1.29 is 29.6 Å². The highest BCUT2D eigenvalue weighted by Gasteiger charge is 2.60. The summed E-state index contributed by atoms with van der Waals surface area (Å²) >= 11 is 0. The van der Waals surface area contributed by atoms with E-state index in [4.69, 9.17) is 19.7 Å². The number of carboxylic acids is 1. The molecule has 0 amide bonds. The Hall–Kier alpha value is -0.690. The lowest BCUT2D eigenvalue weighted by atomic mass is 9.93. The van der Waals surface area contributed by atoms with Gasteiger partial charge in [-0.25, -0.2) is 4.79 Å². The molecule has 0 radical (unpaired) electrons. The predicted molar refractivity (Wildman–Crippen MR) is 39.9 cm³/mol. The first kappa shape index (κ1) is 10.4. The standard InChI is InChI=1S/C7H12O6/c1-3-7(12-2,6(10)11)4(8)5(9)13-3/h3-5,8-9H,1-2H3,(H,10,11)/t3-,4+,5?,7+/m0/s1. The topological polar surface area (TPSA) is 96.2 Å². The van der Waals surface area contributed by atoms with Crippen LogP contribution in [0.3, 0.4) is 0 Å². The molecule has 1 saturated heterocycles. The molecule has 1 aliphatic heterocycles. The van der Waals surface area contributed by atoms with E-state index in [-0.39, 0.29) is 0 Å². The Morgan fingerprint density at radius 1 is 1.54 bits per heavy atom. The lowest BCUT2D eigenvalue weighted by Gasteiger charge is -2.28. The van der Waals surface area contributed by atoms with Gasteiger partial charge in [-0.05, 0) is 6.92 Å². The summed E-state index contributed by atoms with van der Waals surface area (Å²) in [5, 5.41) is 27.3. The predicted octanol–water partition coefficient (Wildman–Crippen LogP) is -1.45. The first-order valence-corrected chi connectivity index (χ1v) is 3.77. The van der Waals surface area contributed by atoms with Gasteiger partial charge in [-0.1, -0.05) is 0 Å². The summed E-state index contributed by atoms with van der Waals surface area (Å²) in [5.74, 6) is -1.36. The van der Waals surface area contributed by atoms with Crippen LogP contribution < -0.4 is 0 Å². The summed E-state index contributed by atoms with van der Waals surface area (Å²) in [5.41, 5.74) is -1.88. The molecule has 76 valence electrons. The van der Waals surface area contributed by atoms with Crippen LogP contribution in [0, 0.1) is 0 Å². The van der Waals surface area contributed by atoms with Crippen LogP contribution in [0.15, 0.2) is 0 Å². The molecule has 0 aliphatic carbocycles. The van der Waals surface area contributed by atoms with E-state index in [9.17, 15) is 9.90 Å². The Morgan fingerprint density at radius 3 is 2.23 bits per heavy atom. The maximum Gasteiger partial charge on any atom is 0.341 e. The quantitative estimate of drug-likeness (QED) is 0.495. The molecule has 6 heteroatoms. The number of aliphatic hydroxyl groups excluding tert-OH is 2. The van der Waals surface area contributed by atoms with Crippen LogP contribution in [0.1, 0.15) is 6.92 Å². The van der Waals surface area contributed by atoms with Gasteiger partial charge in [0.1, 0.15) is 12.2 Å². The average molecular weight is 192 g/mol. The highest BCUT2D eigenvalue weighted by molar-refractivity contribution is 5.79. The molecule has 0 saturated carbocycles. The number of carboxylic acid groups (broad SMARTS) is 1. The molecular weight excluding hydrogens is 180 g/mol. The van der Waals surface area contributed by atoms with Gasteiger partial charge < -0.3 is 24.8 Å². The number of aliphatic carboxylic acids is 1. The molecule has 0 aromatic carbocycles. The van der Waals surface area contributed by atoms with Gasteiger partial charge in [0.2, 0.25) is 5.60 Å². The second kappa shape index (κ2) is 3.22. The zero-order chi connectivity index (χ0) is 10.2. The fourth-order valence-electron chi connectivity index (χ4n) is 1.51. The Kier molecular flexibility index (Phi) is 2.58. The van der Waals surface area contributed by atoms with Gasteiger partial charge in [-0.15, -0.1) is 0 Å². The van der Waals surface area contributed by atoms with Crippen molar-refractivity contribution in [2.45, 2.75) is 31.0 Å². The van der Waals surface area contributed by atoms with Crippen LogP contribution in [-0.4, -0.2) is 52.5 Å². The maximum atomic E-state index is 10.8. The van der Waals surface area contributed by atoms with E-state index in [0.717, 1.165) is 7.11 Å². The van der Waals surface area contributed by atoms with Crippen LogP contribution >= 0.6 is 0 Å². The van der Waals surface area contributed by atoms with Crippen molar-refractivity contribution in [2.75, 3.05) is 7.11 Å². The van der Waals surface area contributed by atoms with Crippen LogP contribution in [0.5, 0.6) is 0 Å². The summed E-state index contributed by atoms with van der Waals surface area (Å²) in [6.45, 7) is 1.41. The molecule has 6 nitrogen and oxygen atoms in total. The van der Waals surface area contributed by atoms with Crippen LogP contribution in [0.4, 0.5) is 0 Å². The number of methoxy groups -OCH3 is 1. The lowest BCUT2D eigenvalue weighted by Crippen LogP contribution is -2.55. The third-order valence-electron chi connectivity index (χ3n) is 2.33. The molecule has 0 aromatic rings. The molecular formula is C7H12O6. The molecule has 13 heavy (non-hydrogen) atoms. The third kappa shape index (κ3) is 1.22. The molecule has 1 rings (SSSR count). The highest BCUT2D eigenvalue weighted by atomic mass is 16.7. The van der Waals surface area contributed by atoms with Crippen LogP contribution in [-0.2, 0) is 14.3 Å². The van der Waals surface area contributed by atoms with Gasteiger partial charge >= 0.3 is 5.97 Å². The van der Waals surface area contributed by atoms with E-state index >= 15 is 0 Å². The summed E-state index contributed by atoms with van der Waals surface area (Å²) in [6, 6.07) is 0. The van der Waals surface area contributed by atoms with Crippen LogP contribution in [0.2, 0.25) is 0 Å². The van der Waals surface area contributed by atoms with Crippen molar-refractivity contribution in [2.24, 2.45) is 0 Å². The number of ether oxygens (including phenoxy) is 2. The number of rotatable bonds is 2. The Bertz CT molecular complexity index is 217. The van der Waals surface area contributed by atoms with Crippen molar-refractivity contribution in [3.63, 3.8) is 0 Å². The highest BCUT2D eigenvalue weighted by Crippen LogP contribution is 2.33. The summed E-state index contributed by atoms with van der Waals surface area (Å²) in [6.07, 6.45) is -4.00. The van der Waals surface area contributed by atoms with Crippen molar-refractivity contribution in [3.8, 4) is 0 Å². The Morgan fingerprint density at radius 2 is 2.08 bits per heavy atom. The molecule has 1 fully saturated rings. The molecule has 3 N–H and O–H groups in total. The first-order valence-electron chi connectivity index (χ1n) is 3.77. The van der Waals surface area contributed by atoms with E-state index in [1.165, 1.54) is 6.92 Å². The van der Waals surface area contributed by atoms with E-state index in [1.807, 2.05) is 0 Å². The number of hydrogen-bond donors (Lipinski definition) is 3. The zero-order valence-electron chi connectivity index (χ0n) is 7.30. The van der Waals surface area contributed by atoms with E-state index in [2.05, 4.69) is 0 Å². The first-order chi connectivity index (χ1) is 5.96. The maximum absolute atomic E-state index is 10.8. The minimum Gasteiger partial charge on any atom is -0.479 e. The molecule has 0 bridgehead atoms. The molecule has 0 spiro atoms.